The van der Waals surface area contributed by atoms with Crippen molar-refractivity contribution in [2.45, 2.75) is 32.4 Å². The van der Waals surface area contributed by atoms with Gasteiger partial charge < -0.3 is 5.73 Å². The zero-order valence-electron chi connectivity index (χ0n) is 8.74. The number of anilines is 1. The molecule has 0 saturated carbocycles. The quantitative estimate of drug-likeness (QED) is 0.891. The van der Waals surface area contributed by atoms with Gasteiger partial charge in [-0.1, -0.05) is 24.9 Å². The number of nitrogen functional groups attached to an aromatic ring is 1. The summed E-state index contributed by atoms with van der Waals surface area (Å²) in [6.07, 6.45) is -2.02. The van der Waals surface area contributed by atoms with E-state index in [1.54, 1.807) is 0 Å². The Morgan fingerprint density at radius 2 is 2.06 bits per heavy atom. The summed E-state index contributed by atoms with van der Waals surface area (Å²) < 4.78 is 37.9. The van der Waals surface area contributed by atoms with Crippen molar-refractivity contribution in [2.24, 2.45) is 0 Å². The average molecular weight is 253 g/mol. The second-order valence-corrected chi connectivity index (χ2v) is 3.83. The fourth-order valence-electron chi connectivity index (χ4n) is 1.38. The molecule has 0 amide bonds. The van der Waals surface area contributed by atoms with E-state index < -0.39 is 11.7 Å². The van der Waals surface area contributed by atoms with Gasteiger partial charge in [0, 0.05) is 6.20 Å². The normalized spacial score (nSPS) is 11.8. The van der Waals surface area contributed by atoms with Crippen LogP contribution in [0, 0.1) is 0 Å². The van der Waals surface area contributed by atoms with E-state index in [2.05, 4.69) is 4.98 Å². The van der Waals surface area contributed by atoms with Crippen LogP contribution < -0.4 is 5.73 Å². The molecule has 1 aromatic rings. The predicted molar refractivity (Wildman–Crippen MR) is 57.3 cm³/mol. The molecular formula is C10H12ClF3N2. The van der Waals surface area contributed by atoms with Crippen molar-refractivity contribution in [2.75, 3.05) is 5.73 Å². The first-order valence-corrected chi connectivity index (χ1v) is 5.25. The summed E-state index contributed by atoms with van der Waals surface area (Å²) in [7, 11) is 0. The van der Waals surface area contributed by atoms with Crippen LogP contribution in [0.4, 0.5) is 19.0 Å². The summed E-state index contributed by atoms with van der Waals surface area (Å²) in [5.74, 6) is -0.0548. The van der Waals surface area contributed by atoms with Gasteiger partial charge in [-0.15, -0.1) is 0 Å². The number of hydrogen-bond acceptors (Lipinski definition) is 2. The molecule has 0 aliphatic carbocycles. The second-order valence-electron chi connectivity index (χ2n) is 3.45. The van der Waals surface area contributed by atoms with Gasteiger partial charge in [0.15, 0.2) is 0 Å². The Balaban J connectivity index is 3.22. The third-order valence-electron chi connectivity index (χ3n) is 2.23. The van der Waals surface area contributed by atoms with Crippen LogP contribution in [0.3, 0.4) is 0 Å². The van der Waals surface area contributed by atoms with E-state index in [0.29, 0.717) is 6.42 Å². The molecule has 2 N–H and O–H groups in total. The molecule has 0 aliphatic rings. The molecule has 90 valence electrons. The molecule has 0 radical (unpaired) electrons. The molecule has 0 fully saturated rings. The number of rotatable bonds is 3. The predicted octanol–water partition coefficient (Wildman–Crippen LogP) is 3.68. The number of aromatic nitrogens is 1. The molecular weight excluding hydrogens is 241 g/mol. The van der Waals surface area contributed by atoms with Crippen molar-refractivity contribution < 1.29 is 13.2 Å². The number of hydrogen-bond donors (Lipinski definition) is 1. The average Bonchev–Trinajstić information content (AvgIpc) is 2.18. The Bertz CT molecular complexity index is 377. The number of alkyl halides is 3. The van der Waals surface area contributed by atoms with Gasteiger partial charge in [-0.3, -0.25) is 0 Å². The lowest BCUT2D eigenvalue weighted by atomic mass is 10.0. The van der Waals surface area contributed by atoms with Crippen LogP contribution in [0.1, 0.15) is 30.9 Å². The summed E-state index contributed by atoms with van der Waals surface area (Å²) in [6, 6.07) is 0. The van der Waals surface area contributed by atoms with Crippen LogP contribution in [-0.4, -0.2) is 4.98 Å². The minimum atomic E-state index is -4.44. The molecule has 0 atom stereocenters. The number of nitrogens with zero attached hydrogens (tertiary/aromatic N) is 1. The summed E-state index contributed by atoms with van der Waals surface area (Å²) in [6.45, 7) is 1.89. The minimum absolute atomic E-state index is 0.0449. The first-order chi connectivity index (χ1) is 7.38. The number of pyridine rings is 1. The van der Waals surface area contributed by atoms with Gasteiger partial charge in [0.2, 0.25) is 0 Å². The fourth-order valence-corrected chi connectivity index (χ4v) is 1.63. The number of nitrogens with two attached hydrogens (primary N) is 1. The van der Waals surface area contributed by atoms with Gasteiger partial charge >= 0.3 is 6.18 Å². The van der Waals surface area contributed by atoms with Gasteiger partial charge in [0.1, 0.15) is 5.82 Å². The first kappa shape index (κ1) is 13.1. The molecule has 0 unspecified atom stereocenters. The molecule has 1 aromatic heterocycles. The zero-order valence-corrected chi connectivity index (χ0v) is 9.49. The lowest BCUT2D eigenvalue weighted by Crippen LogP contribution is -2.12. The minimum Gasteiger partial charge on any atom is -0.382 e. The Hall–Kier alpha value is -0.970. The maximum Gasteiger partial charge on any atom is 0.418 e. The molecule has 0 bridgehead atoms. The molecule has 2 nitrogen and oxygen atoms in total. The Morgan fingerprint density at radius 1 is 1.44 bits per heavy atom. The highest BCUT2D eigenvalue weighted by molar-refractivity contribution is 6.33. The maximum atomic E-state index is 12.6. The van der Waals surface area contributed by atoms with Crippen LogP contribution in [0.15, 0.2) is 6.20 Å². The van der Waals surface area contributed by atoms with Crippen molar-refractivity contribution in [1.29, 1.82) is 0 Å². The molecule has 0 spiro atoms. The van der Waals surface area contributed by atoms with Gasteiger partial charge in [-0.25, -0.2) is 4.98 Å². The van der Waals surface area contributed by atoms with Crippen LogP contribution >= 0.6 is 11.6 Å². The van der Waals surface area contributed by atoms with E-state index in [0.717, 1.165) is 12.6 Å². The van der Waals surface area contributed by atoms with Crippen molar-refractivity contribution in [3.63, 3.8) is 0 Å². The molecule has 0 saturated heterocycles. The molecule has 1 rings (SSSR count). The maximum absolute atomic E-state index is 12.6. The highest BCUT2D eigenvalue weighted by Crippen LogP contribution is 2.36. The van der Waals surface area contributed by atoms with Crippen LogP contribution in [0.2, 0.25) is 5.02 Å². The number of unbranched alkanes of at least 4 members (excludes halogenated alkanes) is 1. The smallest absolute Gasteiger partial charge is 0.382 e. The van der Waals surface area contributed by atoms with Crippen molar-refractivity contribution in [1.82, 2.24) is 4.98 Å². The summed E-state index contributed by atoms with van der Waals surface area (Å²) in [4.78, 5) is 3.44. The van der Waals surface area contributed by atoms with Crippen molar-refractivity contribution in [3.8, 4) is 0 Å². The van der Waals surface area contributed by atoms with Crippen LogP contribution in [0.5, 0.6) is 0 Å². The summed E-state index contributed by atoms with van der Waals surface area (Å²) in [5, 5.41) is -0.0803. The van der Waals surface area contributed by atoms with Gasteiger partial charge in [0.05, 0.1) is 10.6 Å². The Morgan fingerprint density at radius 3 is 2.56 bits per heavy atom. The lowest BCUT2D eigenvalue weighted by Gasteiger charge is -2.14. The molecule has 1 heterocycles. The summed E-state index contributed by atoms with van der Waals surface area (Å²) >= 11 is 5.75. The van der Waals surface area contributed by atoms with E-state index >= 15 is 0 Å². The third-order valence-corrected chi connectivity index (χ3v) is 2.66. The molecule has 0 aromatic carbocycles. The van der Waals surface area contributed by atoms with Gasteiger partial charge in [-0.2, -0.15) is 13.2 Å². The summed E-state index contributed by atoms with van der Waals surface area (Å²) in [5.41, 5.74) is 4.65. The van der Waals surface area contributed by atoms with E-state index in [4.69, 9.17) is 17.3 Å². The van der Waals surface area contributed by atoms with Gasteiger partial charge in [-0.05, 0) is 18.4 Å². The van der Waals surface area contributed by atoms with Crippen molar-refractivity contribution >= 4 is 17.4 Å². The highest BCUT2D eigenvalue weighted by Gasteiger charge is 2.35. The van der Waals surface area contributed by atoms with E-state index in [1.165, 1.54) is 0 Å². The largest absolute Gasteiger partial charge is 0.418 e. The van der Waals surface area contributed by atoms with E-state index in [1.807, 2.05) is 6.92 Å². The standard InChI is InChI=1S/C10H12ClF3N2/c1-2-3-4-6-7(10(12,13)14)5-16-9(15)8(6)11/h5H,2-4H2,1H3,(H2,15,16). The first-order valence-electron chi connectivity index (χ1n) is 4.88. The topological polar surface area (TPSA) is 38.9 Å². The SMILES string of the molecule is CCCCc1c(C(F)(F)F)cnc(N)c1Cl. The molecule has 16 heavy (non-hydrogen) atoms. The molecule has 0 aliphatic heterocycles. The van der Waals surface area contributed by atoms with E-state index in [9.17, 15) is 13.2 Å². The van der Waals surface area contributed by atoms with E-state index in [-0.39, 0.29) is 22.8 Å². The monoisotopic (exact) mass is 252 g/mol. The third kappa shape index (κ3) is 2.78. The Labute approximate surface area is 96.6 Å². The Kier molecular flexibility index (Phi) is 4.02. The fraction of sp³-hybridized carbons (Fsp3) is 0.500. The number of halogens is 4. The molecule has 6 heteroatoms. The van der Waals surface area contributed by atoms with Crippen LogP contribution in [-0.2, 0) is 12.6 Å². The van der Waals surface area contributed by atoms with Crippen LogP contribution in [0.25, 0.3) is 0 Å². The second kappa shape index (κ2) is 4.91. The highest BCUT2D eigenvalue weighted by atomic mass is 35.5. The van der Waals surface area contributed by atoms with Gasteiger partial charge in [0.25, 0.3) is 0 Å². The lowest BCUT2D eigenvalue weighted by molar-refractivity contribution is -0.138. The van der Waals surface area contributed by atoms with Crippen molar-refractivity contribution in [3.05, 3.63) is 22.3 Å². The zero-order chi connectivity index (χ0) is 12.3.